The number of carboxylic acid groups (broad SMARTS) is 1. The number of methoxy groups -OCH3 is 3. The van der Waals surface area contributed by atoms with Crippen LogP contribution in [0, 0.1) is 0 Å². The maximum Gasteiger partial charge on any atom is 0.317 e. The molecule has 0 spiro atoms. The highest BCUT2D eigenvalue weighted by atomic mass is 35.5. The smallest absolute Gasteiger partial charge is 0.317 e. The molecule has 7 heteroatoms. The zero-order valence-electron chi connectivity index (χ0n) is 12.4. The summed E-state index contributed by atoms with van der Waals surface area (Å²) in [5, 5.41) is 9.37. The predicted molar refractivity (Wildman–Crippen MR) is 79.3 cm³/mol. The van der Waals surface area contributed by atoms with E-state index in [1.807, 2.05) is 0 Å². The Bertz CT molecular complexity index is 481. The van der Waals surface area contributed by atoms with Crippen molar-refractivity contribution in [2.24, 2.45) is 0 Å². The SMILES string of the molecule is COCCN(CC(=O)O)Cc1ccc(OC)c(OC)c1Cl. The molecular weight excluding hydrogens is 298 g/mol. The van der Waals surface area contributed by atoms with Crippen molar-refractivity contribution < 1.29 is 24.1 Å². The van der Waals surface area contributed by atoms with E-state index in [1.165, 1.54) is 14.2 Å². The van der Waals surface area contributed by atoms with E-state index < -0.39 is 5.97 Å². The summed E-state index contributed by atoms with van der Waals surface area (Å²) in [5.41, 5.74) is 0.770. The van der Waals surface area contributed by atoms with Crippen LogP contribution < -0.4 is 9.47 Å². The Hall–Kier alpha value is -1.50. The van der Waals surface area contributed by atoms with E-state index in [2.05, 4.69) is 0 Å². The number of carboxylic acids is 1. The summed E-state index contributed by atoms with van der Waals surface area (Å²) >= 11 is 6.30. The van der Waals surface area contributed by atoms with Gasteiger partial charge in [-0.05, 0) is 11.6 Å². The summed E-state index contributed by atoms with van der Waals surface area (Å²) in [4.78, 5) is 12.6. The molecule has 1 N–H and O–H groups in total. The van der Waals surface area contributed by atoms with Gasteiger partial charge in [-0.15, -0.1) is 0 Å². The van der Waals surface area contributed by atoms with Gasteiger partial charge in [0.15, 0.2) is 11.5 Å². The molecule has 0 aliphatic rings. The number of ether oxygens (including phenoxy) is 3. The largest absolute Gasteiger partial charge is 0.493 e. The highest BCUT2D eigenvalue weighted by Gasteiger charge is 2.17. The first kappa shape index (κ1) is 17.6. The molecular formula is C14H20ClNO5. The minimum Gasteiger partial charge on any atom is -0.493 e. The van der Waals surface area contributed by atoms with E-state index >= 15 is 0 Å². The molecule has 21 heavy (non-hydrogen) atoms. The Morgan fingerprint density at radius 2 is 2.00 bits per heavy atom. The second-order valence-electron chi connectivity index (χ2n) is 4.37. The number of hydrogen-bond donors (Lipinski definition) is 1. The van der Waals surface area contributed by atoms with Crippen molar-refractivity contribution in [3.8, 4) is 11.5 Å². The fourth-order valence-corrected chi connectivity index (χ4v) is 2.21. The van der Waals surface area contributed by atoms with Gasteiger partial charge in [-0.2, -0.15) is 0 Å². The minimum absolute atomic E-state index is 0.0893. The van der Waals surface area contributed by atoms with Crippen molar-refractivity contribution >= 4 is 17.6 Å². The summed E-state index contributed by atoms with van der Waals surface area (Å²) < 4.78 is 15.4. The molecule has 0 fully saturated rings. The van der Waals surface area contributed by atoms with Crippen LogP contribution in [0.1, 0.15) is 5.56 Å². The standard InChI is InChI=1S/C14H20ClNO5/c1-19-7-6-16(9-12(17)18)8-10-4-5-11(20-2)14(21-3)13(10)15/h4-5H,6-9H2,1-3H3,(H,17,18). The van der Waals surface area contributed by atoms with E-state index in [-0.39, 0.29) is 6.54 Å². The number of rotatable bonds is 9. The molecule has 0 heterocycles. The molecule has 0 aromatic heterocycles. The molecule has 0 saturated carbocycles. The molecule has 0 atom stereocenters. The molecule has 0 aliphatic heterocycles. The summed E-state index contributed by atoms with van der Waals surface area (Å²) in [6, 6.07) is 3.54. The monoisotopic (exact) mass is 317 g/mol. The van der Waals surface area contributed by atoms with Crippen molar-refractivity contribution in [3.05, 3.63) is 22.7 Å². The van der Waals surface area contributed by atoms with Crippen LogP contribution >= 0.6 is 11.6 Å². The average molecular weight is 318 g/mol. The number of halogens is 1. The van der Waals surface area contributed by atoms with Gasteiger partial charge < -0.3 is 19.3 Å². The molecule has 6 nitrogen and oxygen atoms in total. The van der Waals surface area contributed by atoms with E-state index in [9.17, 15) is 4.79 Å². The van der Waals surface area contributed by atoms with E-state index in [0.29, 0.717) is 36.2 Å². The van der Waals surface area contributed by atoms with Crippen LogP contribution in [0.5, 0.6) is 11.5 Å². The lowest BCUT2D eigenvalue weighted by atomic mass is 10.1. The third-order valence-corrected chi connectivity index (χ3v) is 3.34. The van der Waals surface area contributed by atoms with Crippen LogP contribution in [-0.2, 0) is 16.1 Å². The first-order valence-electron chi connectivity index (χ1n) is 6.35. The summed E-state index contributed by atoms with van der Waals surface area (Å²) in [6.07, 6.45) is 0. The van der Waals surface area contributed by atoms with E-state index in [0.717, 1.165) is 5.56 Å². The maximum absolute atomic E-state index is 10.9. The lowest BCUT2D eigenvalue weighted by Crippen LogP contribution is -2.32. The first-order valence-corrected chi connectivity index (χ1v) is 6.73. The Kier molecular flexibility index (Phi) is 7.28. The molecule has 0 radical (unpaired) electrons. The molecule has 0 saturated heterocycles. The number of hydrogen-bond acceptors (Lipinski definition) is 5. The average Bonchev–Trinajstić information content (AvgIpc) is 2.45. The Morgan fingerprint density at radius 3 is 2.52 bits per heavy atom. The number of aliphatic carboxylic acids is 1. The third-order valence-electron chi connectivity index (χ3n) is 2.93. The molecule has 0 aliphatic carbocycles. The lowest BCUT2D eigenvalue weighted by Gasteiger charge is -2.21. The van der Waals surface area contributed by atoms with Gasteiger partial charge in [0.05, 0.1) is 32.4 Å². The molecule has 1 rings (SSSR count). The molecule has 1 aromatic carbocycles. The summed E-state index contributed by atoms with van der Waals surface area (Å²) in [7, 11) is 4.61. The minimum atomic E-state index is -0.900. The zero-order valence-corrected chi connectivity index (χ0v) is 13.1. The fraction of sp³-hybridized carbons (Fsp3) is 0.500. The van der Waals surface area contributed by atoms with Crippen molar-refractivity contribution in [1.82, 2.24) is 4.90 Å². The van der Waals surface area contributed by atoms with Gasteiger partial charge >= 0.3 is 5.97 Å². The lowest BCUT2D eigenvalue weighted by molar-refractivity contribution is -0.138. The van der Waals surface area contributed by atoms with Crippen LogP contribution in [0.4, 0.5) is 0 Å². The van der Waals surface area contributed by atoms with Crippen LogP contribution in [0.15, 0.2) is 12.1 Å². The van der Waals surface area contributed by atoms with Crippen molar-refractivity contribution in [3.63, 3.8) is 0 Å². The van der Waals surface area contributed by atoms with E-state index in [1.54, 1.807) is 24.1 Å². The van der Waals surface area contributed by atoms with Crippen LogP contribution in [-0.4, -0.2) is 57.0 Å². The Balaban J connectivity index is 2.94. The third kappa shape index (κ3) is 5.08. The van der Waals surface area contributed by atoms with Gasteiger partial charge in [0.2, 0.25) is 0 Å². The van der Waals surface area contributed by atoms with E-state index in [4.69, 9.17) is 30.9 Å². The van der Waals surface area contributed by atoms with Gasteiger partial charge in [-0.25, -0.2) is 0 Å². The second kappa shape index (κ2) is 8.71. The van der Waals surface area contributed by atoms with Crippen molar-refractivity contribution in [2.45, 2.75) is 6.54 Å². The normalized spacial score (nSPS) is 10.7. The van der Waals surface area contributed by atoms with Gasteiger partial charge in [-0.1, -0.05) is 17.7 Å². The molecule has 0 bridgehead atoms. The molecule has 0 unspecified atom stereocenters. The number of benzene rings is 1. The highest BCUT2D eigenvalue weighted by Crippen LogP contribution is 2.37. The quantitative estimate of drug-likeness (QED) is 0.750. The highest BCUT2D eigenvalue weighted by molar-refractivity contribution is 6.33. The maximum atomic E-state index is 10.9. The summed E-state index contributed by atoms with van der Waals surface area (Å²) in [5.74, 6) is 0.0781. The first-order chi connectivity index (χ1) is 10.0. The second-order valence-corrected chi connectivity index (χ2v) is 4.75. The molecule has 118 valence electrons. The van der Waals surface area contributed by atoms with Crippen LogP contribution in [0.2, 0.25) is 5.02 Å². The Labute approximate surface area is 129 Å². The van der Waals surface area contributed by atoms with Gasteiger partial charge in [0.25, 0.3) is 0 Å². The molecule has 1 aromatic rings. The van der Waals surface area contributed by atoms with Crippen LogP contribution in [0.3, 0.4) is 0 Å². The topological polar surface area (TPSA) is 68.2 Å². The predicted octanol–water partition coefficient (Wildman–Crippen LogP) is 1.89. The van der Waals surface area contributed by atoms with Gasteiger partial charge in [-0.3, -0.25) is 9.69 Å². The summed E-state index contributed by atoms with van der Waals surface area (Å²) in [6.45, 7) is 1.23. The Morgan fingerprint density at radius 1 is 1.29 bits per heavy atom. The number of nitrogens with zero attached hydrogens (tertiary/aromatic N) is 1. The van der Waals surface area contributed by atoms with Crippen molar-refractivity contribution in [1.29, 1.82) is 0 Å². The fourth-order valence-electron chi connectivity index (χ4n) is 1.92. The molecule has 0 amide bonds. The van der Waals surface area contributed by atoms with Gasteiger partial charge in [0, 0.05) is 20.2 Å². The van der Waals surface area contributed by atoms with Crippen LogP contribution in [0.25, 0.3) is 0 Å². The van der Waals surface area contributed by atoms with Crippen molar-refractivity contribution in [2.75, 3.05) is 41.0 Å². The van der Waals surface area contributed by atoms with Gasteiger partial charge in [0.1, 0.15) is 0 Å². The zero-order chi connectivity index (χ0) is 15.8. The number of carbonyl (C=O) groups is 1.